The lowest BCUT2D eigenvalue weighted by molar-refractivity contribution is -0.142. The number of hydrogen-bond donors (Lipinski definition) is 3. The normalized spacial score (nSPS) is 11.7. The molecule has 0 spiro atoms. The van der Waals surface area contributed by atoms with Crippen LogP contribution in [0.1, 0.15) is 18.0 Å². The molecule has 1 amide bonds. The van der Waals surface area contributed by atoms with E-state index in [2.05, 4.69) is 10.3 Å². The Bertz CT molecular complexity index is 810. The van der Waals surface area contributed by atoms with Crippen LogP contribution in [0.5, 0.6) is 0 Å². The molecule has 120 valence electrons. The Morgan fingerprint density at radius 3 is 2.48 bits per heavy atom. The number of hydrogen-bond acceptors (Lipinski definition) is 4. The molecule has 1 heterocycles. The molecule has 8 nitrogen and oxygen atoms in total. The number of aromatic amines is 1. The van der Waals surface area contributed by atoms with Gasteiger partial charge in [-0.2, -0.15) is 0 Å². The van der Waals surface area contributed by atoms with Crippen molar-refractivity contribution < 1.29 is 14.7 Å². The number of nitrogens with one attached hydrogen (secondary N) is 2. The first-order chi connectivity index (χ1) is 11.0. The van der Waals surface area contributed by atoms with Crippen LogP contribution in [0.4, 0.5) is 0 Å². The molecule has 0 aliphatic rings. The van der Waals surface area contributed by atoms with Gasteiger partial charge in [0.15, 0.2) is 6.04 Å². The second-order valence-corrected chi connectivity index (χ2v) is 4.80. The lowest BCUT2D eigenvalue weighted by atomic mass is 10.1. The van der Waals surface area contributed by atoms with E-state index in [1.54, 1.807) is 30.3 Å². The molecule has 2 rings (SSSR count). The van der Waals surface area contributed by atoms with E-state index in [4.69, 9.17) is 0 Å². The van der Waals surface area contributed by atoms with Crippen LogP contribution < -0.4 is 16.6 Å². The molecule has 0 saturated heterocycles. The molecule has 0 saturated carbocycles. The summed E-state index contributed by atoms with van der Waals surface area (Å²) >= 11 is 0. The third-order valence-electron chi connectivity index (χ3n) is 3.16. The molecule has 1 aromatic carbocycles. The first kappa shape index (κ1) is 16.2. The predicted molar refractivity (Wildman–Crippen MR) is 80.9 cm³/mol. The number of carboxylic acid groups (broad SMARTS) is 1. The van der Waals surface area contributed by atoms with Crippen molar-refractivity contribution in [2.75, 3.05) is 0 Å². The van der Waals surface area contributed by atoms with Crippen LogP contribution in [0.2, 0.25) is 0 Å². The zero-order valence-corrected chi connectivity index (χ0v) is 12.1. The van der Waals surface area contributed by atoms with E-state index >= 15 is 0 Å². The number of carbonyl (C=O) groups excluding carboxylic acids is 1. The molecular weight excluding hydrogens is 302 g/mol. The Labute approximate surface area is 130 Å². The number of amides is 1. The summed E-state index contributed by atoms with van der Waals surface area (Å²) in [5.41, 5.74) is -0.691. The summed E-state index contributed by atoms with van der Waals surface area (Å²) in [6.07, 6.45) is 1.18. The molecule has 2 aromatic rings. The molecule has 0 bridgehead atoms. The van der Waals surface area contributed by atoms with Crippen molar-refractivity contribution in [3.8, 4) is 0 Å². The molecule has 0 aliphatic carbocycles. The number of benzene rings is 1. The number of nitrogens with zero attached hydrogens (tertiary/aromatic N) is 1. The average Bonchev–Trinajstić information content (AvgIpc) is 2.52. The maximum atomic E-state index is 11.9. The minimum absolute atomic E-state index is 0.0303. The minimum atomic E-state index is -1.18. The zero-order chi connectivity index (χ0) is 16.8. The van der Waals surface area contributed by atoms with Gasteiger partial charge in [0.2, 0.25) is 5.91 Å². The second kappa shape index (κ2) is 7.21. The molecule has 1 aromatic heterocycles. The Kier molecular flexibility index (Phi) is 5.08. The Morgan fingerprint density at radius 1 is 1.17 bits per heavy atom. The quantitative estimate of drug-likeness (QED) is 0.685. The van der Waals surface area contributed by atoms with Crippen molar-refractivity contribution in [1.82, 2.24) is 14.9 Å². The van der Waals surface area contributed by atoms with E-state index in [0.717, 1.165) is 0 Å². The van der Waals surface area contributed by atoms with Crippen LogP contribution >= 0.6 is 0 Å². The highest BCUT2D eigenvalue weighted by molar-refractivity contribution is 5.84. The van der Waals surface area contributed by atoms with Gasteiger partial charge in [-0.05, 0) is 5.56 Å². The number of carbonyl (C=O) groups is 2. The summed E-state index contributed by atoms with van der Waals surface area (Å²) in [7, 11) is 0. The first-order valence-electron chi connectivity index (χ1n) is 6.84. The fraction of sp³-hybridized carbons (Fsp3) is 0.200. The molecule has 0 aliphatic heterocycles. The van der Waals surface area contributed by atoms with Gasteiger partial charge in [0.05, 0.1) is 0 Å². The van der Waals surface area contributed by atoms with Crippen molar-refractivity contribution in [3.63, 3.8) is 0 Å². The number of H-pyrrole nitrogens is 1. The predicted octanol–water partition coefficient (Wildman–Crippen LogP) is -0.131. The van der Waals surface area contributed by atoms with Gasteiger partial charge in [0, 0.05) is 25.2 Å². The van der Waals surface area contributed by atoms with Crippen molar-refractivity contribution in [2.24, 2.45) is 0 Å². The van der Waals surface area contributed by atoms with E-state index in [1.165, 1.54) is 16.8 Å². The average molecular weight is 317 g/mol. The Hall–Kier alpha value is -3.16. The number of aryl methyl sites for hydroxylation is 1. The van der Waals surface area contributed by atoms with Gasteiger partial charge >= 0.3 is 11.7 Å². The highest BCUT2D eigenvalue weighted by atomic mass is 16.4. The summed E-state index contributed by atoms with van der Waals surface area (Å²) in [4.78, 5) is 47.7. The summed E-state index contributed by atoms with van der Waals surface area (Å²) in [5.74, 6) is -1.69. The number of aliphatic carboxylic acids is 1. The van der Waals surface area contributed by atoms with Crippen LogP contribution in [-0.4, -0.2) is 26.5 Å². The maximum absolute atomic E-state index is 11.9. The van der Waals surface area contributed by atoms with Gasteiger partial charge in [-0.1, -0.05) is 30.3 Å². The molecule has 0 fully saturated rings. The highest BCUT2D eigenvalue weighted by Crippen LogP contribution is 2.12. The fourth-order valence-corrected chi connectivity index (χ4v) is 2.01. The lowest BCUT2D eigenvalue weighted by Crippen LogP contribution is -2.35. The molecule has 1 atom stereocenters. The van der Waals surface area contributed by atoms with Crippen molar-refractivity contribution >= 4 is 11.9 Å². The molecule has 23 heavy (non-hydrogen) atoms. The molecule has 0 radical (unpaired) electrons. The Morgan fingerprint density at radius 2 is 1.87 bits per heavy atom. The van der Waals surface area contributed by atoms with Gasteiger partial charge in [-0.3, -0.25) is 14.6 Å². The van der Waals surface area contributed by atoms with Gasteiger partial charge in [0.25, 0.3) is 5.56 Å². The second-order valence-electron chi connectivity index (χ2n) is 4.80. The van der Waals surface area contributed by atoms with E-state index < -0.39 is 29.2 Å². The summed E-state index contributed by atoms with van der Waals surface area (Å²) in [5, 5.41) is 11.6. The number of aromatic nitrogens is 2. The number of rotatable bonds is 6. The maximum Gasteiger partial charge on any atom is 0.330 e. The largest absolute Gasteiger partial charge is 0.479 e. The molecule has 8 heteroatoms. The van der Waals surface area contributed by atoms with E-state index in [0.29, 0.717) is 5.56 Å². The van der Waals surface area contributed by atoms with Crippen molar-refractivity contribution in [2.45, 2.75) is 19.0 Å². The third kappa shape index (κ3) is 4.40. The highest BCUT2D eigenvalue weighted by Gasteiger charge is 2.21. The monoisotopic (exact) mass is 317 g/mol. The third-order valence-corrected chi connectivity index (χ3v) is 3.16. The fourth-order valence-electron chi connectivity index (χ4n) is 2.01. The van der Waals surface area contributed by atoms with Gasteiger partial charge < -0.3 is 15.0 Å². The number of carboxylic acids is 1. The molecule has 3 N–H and O–H groups in total. The van der Waals surface area contributed by atoms with E-state index in [-0.39, 0.29) is 13.0 Å². The van der Waals surface area contributed by atoms with Crippen LogP contribution in [0.15, 0.2) is 52.2 Å². The van der Waals surface area contributed by atoms with E-state index in [9.17, 15) is 24.3 Å². The van der Waals surface area contributed by atoms with Crippen LogP contribution in [0.25, 0.3) is 0 Å². The van der Waals surface area contributed by atoms with Gasteiger partial charge in [-0.15, -0.1) is 0 Å². The van der Waals surface area contributed by atoms with Crippen LogP contribution in [0, 0.1) is 0 Å². The summed E-state index contributed by atoms with van der Waals surface area (Å²) in [6.45, 7) is 0.0303. The minimum Gasteiger partial charge on any atom is -0.479 e. The smallest absolute Gasteiger partial charge is 0.330 e. The van der Waals surface area contributed by atoms with Gasteiger partial charge in [0.1, 0.15) is 0 Å². The SMILES string of the molecule is O=C(CCn1ccc(=O)[nH]c1=O)N[C@H](C(=O)O)c1ccccc1. The molecular formula is C15H15N3O5. The van der Waals surface area contributed by atoms with Gasteiger partial charge in [-0.25, -0.2) is 9.59 Å². The van der Waals surface area contributed by atoms with Crippen molar-refractivity contribution in [1.29, 1.82) is 0 Å². The standard InChI is InChI=1S/C15H15N3O5/c19-11(6-8-18-9-7-12(20)17-15(18)23)16-13(14(21)22)10-4-2-1-3-5-10/h1-5,7,9,13H,6,8H2,(H,16,19)(H,21,22)(H,17,20,23)/t13-/m0/s1. The van der Waals surface area contributed by atoms with E-state index in [1.807, 2.05) is 0 Å². The summed E-state index contributed by atoms with van der Waals surface area (Å²) < 4.78 is 1.17. The lowest BCUT2D eigenvalue weighted by Gasteiger charge is -2.15. The topological polar surface area (TPSA) is 121 Å². The Balaban J connectivity index is 2.01. The molecule has 0 unspecified atom stereocenters. The first-order valence-corrected chi connectivity index (χ1v) is 6.84. The van der Waals surface area contributed by atoms with Crippen LogP contribution in [-0.2, 0) is 16.1 Å². The zero-order valence-electron chi connectivity index (χ0n) is 12.1. The van der Waals surface area contributed by atoms with Crippen molar-refractivity contribution in [3.05, 3.63) is 69.0 Å². The van der Waals surface area contributed by atoms with Crippen LogP contribution in [0.3, 0.4) is 0 Å². The summed E-state index contributed by atoms with van der Waals surface area (Å²) in [6, 6.07) is 8.32.